The summed E-state index contributed by atoms with van der Waals surface area (Å²) in [6.07, 6.45) is -1.03. The lowest BCUT2D eigenvalue weighted by atomic mass is 9.90. The second kappa shape index (κ2) is 3.52. The molecule has 0 aromatic carbocycles. The number of carbonyl (C=O) groups is 1. The normalized spacial score (nSPS) is 33.6. The summed E-state index contributed by atoms with van der Waals surface area (Å²) in [5.41, 5.74) is -2.87. The summed E-state index contributed by atoms with van der Waals surface area (Å²) < 4.78 is 45.2. The van der Waals surface area contributed by atoms with Gasteiger partial charge >= 0.3 is 0 Å². The van der Waals surface area contributed by atoms with E-state index in [9.17, 15) is 9.18 Å². The van der Waals surface area contributed by atoms with Crippen molar-refractivity contribution in [3.8, 4) is 0 Å². The van der Waals surface area contributed by atoms with E-state index < -0.39 is 42.8 Å². The van der Waals surface area contributed by atoms with Crippen molar-refractivity contribution < 1.29 is 14.7 Å². The number of halogens is 1. The maximum absolute atomic E-state index is 14.0. The van der Waals surface area contributed by atoms with Gasteiger partial charge in [-0.15, -0.1) is 0 Å². The van der Waals surface area contributed by atoms with Crippen molar-refractivity contribution in [3.05, 3.63) is 0 Å². The van der Waals surface area contributed by atoms with Crippen molar-refractivity contribution in [2.75, 3.05) is 13.0 Å². The highest BCUT2D eigenvalue weighted by atomic mass is 19.1. The quantitative estimate of drug-likeness (QED) is 0.594. The fourth-order valence-corrected chi connectivity index (χ4v) is 1.09. The molecule has 1 amide bonds. The number of hydrogen-bond acceptors (Lipinski definition) is 1. The van der Waals surface area contributed by atoms with Gasteiger partial charge < -0.3 is 4.90 Å². The van der Waals surface area contributed by atoms with Crippen LogP contribution in [0.25, 0.3) is 0 Å². The van der Waals surface area contributed by atoms with Gasteiger partial charge in [0.25, 0.3) is 0 Å². The SMILES string of the molecule is [2H]C1([2H])CC(C)(F)CC([2H])([2H])N1C(=O)C(C)(C)C. The molecule has 0 N–H and O–H groups in total. The minimum absolute atomic E-state index is 0.513. The molecule has 0 saturated carbocycles. The van der Waals surface area contributed by atoms with Gasteiger partial charge in [-0.1, -0.05) is 20.8 Å². The summed E-state index contributed by atoms with van der Waals surface area (Å²) in [6.45, 7) is 1.28. The van der Waals surface area contributed by atoms with Gasteiger partial charge in [-0.25, -0.2) is 4.39 Å². The Morgan fingerprint density at radius 3 is 2.21 bits per heavy atom. The first-order valence-electron chi connectivity index (χ1n) is 6.73. The van der Waals surface area contributed by atoms with Crippen molar-refractivity contribution in [3.63, 3.8) is 0 Å². The number of nitrogens with zero attached hydrogens (tertiary/aromatic N) is 1. The van der Waals surface area contributed by atoms with Gasteiger partial charge in [0.1, 0.15) is 5.67 Å². The van der Waals surface area contributed by atoms with E-state index in [1.807, 2.05) is 0 Å². The van der Waals surface area contributed by atoms with Gasteiger partial charge in [0.2, 0.25) is 5.91 Å². The van der Waals surface area contributed by atoms with Gasteiger partial charge in [0, 0.05) is 23.9 Å². The van der Waals surface area contributed by atoms with Crippen molar-refractivity contribution in [1.82, 2.24) is 4.90 Å². The second-order valence-corrected chi connectivity index (χ2v) is 4.97. The van der Waals surface area contributed by atoms with Gasteiger partial charge in [-0.3, -0.25) is 4.79 Å². The van der Waals surface area contributed by atoms with Crippen molar-refractivity contribution in [2.24, 2.45) is 5.41 Å². The summed E-state index contributed by atoms with van der Waals surface area (Å²) in [7, 11) is 0. The molecule has 1 aliphatic rings. The van der Waals surface area contributed by atoms with Crippen LogP contribution in [0.1, 0.15) is 46.0 Å². The van der Waals surface area contributed by atoms with Crippen LogP contribution in [0.3, 0.4) is 0 Å². The number of carbonyl (C=O) groups excluding carboxylic acids is 1. The van der Waals surface area contributed by atoms with E-state index >= 15 is 0 Å². The predicted octanol–water partition coefficient (Wildman–Crippen LogP) is 2.38. The molecule has 1 fully saturated rings. The Kier molecular flexibility index (Phi) is 1.71. The van der Waals surface area contributed by atoms with E-state index in [0.29, 0.717) is 4.90 Å². The van der Waals surface area contributed by atoms with E-state index in [0.717, 1.165) is 0 Å². The summed E-state index contributed by atoms with van der Waals surface area (Å²) in [5, 5.41) is 0. The molecule has 0 spiro atoms. The number of likely N-dealkylation sites (tertiary alicyclic amines) is 1. The average Bonchev–Trinajstić information content (AvgIpc) is 1.92. The molecule has 1 saturated heterocycles. The number of piperidine rings is 1. The minimum atomic E-state index is -2.32. The van der Waals surface area contributed by atoms with Crippen LogP contribution in [-0.4, -0.2) is 29.5 Å². The lowest BCUT2D eigenvalue weighted by Gasteiger charge is -2.37. The van der Waals surface area contributed by atoms with Gasteiger partial charge in [0.15, 0.2) is 0 Å². The second-order valence-electron chi connectivity index (χ2n) is 4.97. The first-order valence-corrected chi connectivity index (χ1v) is 4.73. The zero-order chi connectivity index (χ0) is 14.6. The molecule has 0 aromatic rings. The molecule has 0 aliphatic carbocycles. The van der Waals surface area contributed by atoms with Crippen molar-refractivity contribution >= 4 is 5.91 Å². The molecule has 2 nitrogen and oxygen atoms in total. The maximum atomic E-state index is 14.0. The van der Waals surface area contributed by atoms with Crippen molar-refractivity contribution in [2.45, 2.75) is 46.2 Å². The van der Waals surface area contributed by atoms with Crippen LogP contribution in [0, 0.1) is 5.41 Å². The van der Waals surface area contributed by atoms with Crippen LogP contribution in [0.2, 0.25) is 0 Å². The van der Waals surface area contributed by atoms with Gasteiger partial charge in [-0.05, 0) is 19.8 Å². The first-order chi connectivity index (χ1) is 7.69. The molecule has 0 unspecified atom stereocenters. The Balaban J connectivity index is 3.21. The third kappa shape index (κ3) is 2.69. The smallest absolute Gasteiger partial charge is 0.227 e. The number of amides is 1. The predicted molar refractivity (Wildman–Crippen MR) is 54.8 cm³/mol. The minimum Gasteiger partial charge on any atom is -0.342 e. The maximum Gasteiger partial charge on any atom is 0.227 e. The fraction of sp³-hybridized carbons (Fsp3) is 0.909. The van der Waals surface area contributed by atoms with E-state index in [1.165, 1.54) is 6.92 Å². The average molecular weight is 205 g/mol. The molecule has 0 bridgehead atoms. The third-order valence-corrected chi connectivity index (χ3v) is 2.06. The Hall–Kier alpha value is -0.600. The summed E-state index contributed by atoms with van der Waals surface area (Å²) in [5.74, 6) is -0.645. The molecular formula is C11H20FNO. The fourth-order valence-electron chi connectivity index (χ4n) is 1.09. The zero-order valence-corrected chi connectivity index (χ0v) is 9.15. The van der Waals surface area contributed by atoms with Crippen LogP contribution in [0.4, 0.5) is 4.39 Å². The lowest BCUT2D eigenvalue weighted by Crippen LogP contribution is -2.47. The topological polar surface area (TPSA) is 20.3 Å². The Bertz CT molecular complexity index is 343. The molecule has 0 atom stereocenters. The largest absolute Gasteiger partial charge is 0.342 e. The monoisotopic (exact) mass is 205 g/mol. The first kappa shape index (κ1) is 6.81. The Morgan fingerprint density at radius 1 is 1.43 bits per heavy atom. The molecule has 0 radical (unpaired) electrons. The highest BCUT2D eigenvalue weighted by molar-refractivity contribution is 5.81. The van der Waals surface area contributed by atoms with Gasteiger partial charge in [0.05, 0.1) is 0 Å². The van der Waals surface area contributed by atoms with Crippen molar-refractivity contribution in [1.29, 1.82) is 0 Å². The van der Waals surface area contributed by atoms with Crippen LogP contribution in [0.15, 0.2) is 0 Å². The van der Waals surface area contributed by atoms with Crippen LogP contribution in [-0.2, 0) is 4.79 Å². The molecule has 82 valence electrons. The number of alkyl halides is 1. The number of hydrogen-bond donors (Lipinski definition) is 0. The van der Waals surface area contributed by atoms with E-state index in [2.05, 4.69) is 0 Å². The molecule has 1 rings (SSSR count). The summed E-state index contributed by atoms with van der Waals surface area (Å²) >= 11 is 0. The zero-order valence-electron chi connectivity index (χ0n) is 13.1. The summed E-state index contributed by atoms with van der Waals surface area (Å²) in [4.78, 5) is 12.8. The van der Waals surface area contributed by atoms with E-state index in [-0.39, 0.29) is 0 Å². The van der Waals surface area contributed by atoms with E-state index in [4.69, 9.17) is 5.48 Å². The molecule has 1 heterocycles. The summed E-state index contributed by atoms with van der Waals surface area (Å²) in [6, 6.07) is 0. The lowest BCUT2D eigenvalue weighted by molar-refractivity contribution is -0.141. The molecule has 3 heteroatoms. The van der Waals surface area contributed by atoms with Crippen LogP contribution >= 0.6 is 0 Å². The van der Waals surface area contributed by atoms with E-state index in [1.54, 1.807) is 20.8 Å². The molecule has 1 aliphatic heterocycles. The molecular weight excluding hydrogens is 181 g/mol. The van der Waals surface area contributed by atoms with Crippen LogP contribution < -0.4 is 0 Å². The number of rotatable bonds is 0. The van der Waals surface area contributed by atoms with Crippen LogP contribution in [0.5, 0.6) is 0 Å². The third-order valence-electron chi connectivity index (χ3n) is 2.06. The molecule has 14 heavy (non-hydrogen) atoms. The highest BCUT2D eigenvalue weighted by Crippen LogP contribution is 2.28. The Morgan fingerprint density at radius 2 is 1.86 bits per heavy atom. The molecule has 0 aromatic heterocycles. The Labute approximate surface area is 91.1 Å². The standard InChI is InChI=1S/C11H20FNO/c1-10(2,3)9(14)13-7-5-11(4,12)6-8-13/h5-8H2,1-4H3/i7D2,8D2. The van der Waals surface area contributed by atoms with Gasteiger partial charge in [-0.2, -0.15) is 0 Å². The highest BCUT2D eigenvalue weighted by Gasteiger charge is 2.34.